The Morgan fingerprint density at radius 3 is 2.00 bits per heavy atom. The zero-order chi connectivity index (χ0) is 13.5. The molecule has 2 atom stereocenters. The number of aliphatic hydroxyl groups is 1. The van der Waals surface area contributed by atoms with E-state index in [0.717, 1.165) is 25.5 Å². The number of rotatable bonds is 3. The van der Waals surface area contributed by atoms with Gasteiger partial charge in [-0.1, -0.05) is 39.5 Å². The summed E-state index contributed by atoms with van der Waals surface area (Å²) in [5.41, 5.74) is 0. The van der Waals surface area contributed by atoms with Crippen LogP contribution in [0.3, 0.4) is 0 Å². The smallest absolute Gasteiger partial charge is 0.290 e. The third-order valence-corrected chi connectivity index (χ3v) is 2.86. The van der Waals surface area contributed by atoms with Crippen LogP contribution in [0, 0.1) is 11.8 Å². The Balaban J connectivity index is 0. The Bertz CT molecular complexity index is 169. The standard InChI is InChI=1S/C8H14O.C4H10O.CH2O2/c1-7-4-2-3-5-8(7)6-9;1-2-3-4-5;2-1-3/h6-8H,2-5H2,1H3;5H,2-4H2,1H3;1H,(H,2,3). The lowest BCUT2D eigenvalue weighted by Crippen LogP contribution is -2.17. The van der Waals surface area contributed by atoms with Crippen LogP contribution in [0.15, 0.2) is 0 Å². The average Bonchev–Trinajstić information content (AvgIpc) is 2.32. The molecule has 0 aromatic rings. The highest BCUT2D eigenvalue weighted by Crippen LogP contribution is 2.27. The number of hydrogen-bond donors (Lipinski definition) is 2. The van der Waals surface area contributed by atoms with Crippen molar-refractivity contribution in [3.05, 3.63) is 0 Å². The first-order chi connectivity index (χ1) is 8.17. The zero-order valence-electron chi connectivity index (χ0n) is 11.0. The van der Waals surface area contributed by atoms with Crippen molar-refractivity contribution >= 4 is 12.8 Å². The molecule has 1 aliphatic carbocycles. The Hall–Kier alpha value is -0.900. The van der Waals surface area contributed by atoms with Crippen molar-refractivity contribution in [2.24, 2.45) is 11.8 Å². The number of aldehydes is 1. The zero-order valence-corrected chi connectivity index (χ0v) is 11.0. The van der Waals surface area contributed by atoms with Crippen molar-refractivity contribution in [3.63, 3.8) is 0 Å². The predicted molar refractivity (Wildman–Crippen MR) is 67.9 cm³/mol. The number of carboxylic acid groups (broad SMARTS) is 1. The highest BCUT2D eigenvalue weighted by Gasteiger charge is 2.19. The minimum Gasteiger partial charge on any atom is -0.483 e. The van der Waals surface area contributed by atoms with Gasteiger partial charge in [0, 0.05) is 12.5 Å². The van der Waals surface area contributed by atoms with Gasteiger partial charge < -0.3 is 15.0 Å². The van der Waals surface area contributed by atoms with E-state index in [1.54, 1.807) is 0 Å². The van der Waals surface area contributed by atoms with Crippen LogP contribution in [-0.2, 0) is 9.59 Å². The van der Waals surface area contributed by atoms with Gasteiger partial charge in [-0.25, -0.2) is 0 Å². The fraction of sp³-hybridized carbons (Fsp3) is 0.846. The van der Waals surface area contributed by atoms with Crippen molar-refractivity contribution in [2.75, 3.05) is 6.61 Å². The average molecular weight is 246 g/mol. The first kappa shape index (κ1) is 18.5. The molecular weight excluding hydrogens is 220 g/mol. The second kappa shape index (κ2) is 15.1. The van der Waals surface area contributed by atoms with E-state index < -0.39 is 0 Å². The van der Waals surface area contributed by atoms with E-state index in [-0.39, 0.29) is 6.47 Å². The highest BCUT2D eigenvalue weighted by molar-refractivity contribution is 5.54. The van der Waals surface area contributed by atoms with Crippen LogP contribution in [0.5, 0.6) is 0 Å². The van der Waals surface area contributed by atoms with Crippen molar-refractivity contribution in [1.82, 2.24) is 0 Å². The van der Waals surface area contributed by atoms with Gasteiger partial charge >= 0.3 is 0 Å². The maximum Gasteiger partial charge on any atom is 0.290 e. The van der Waals surface area contributed by atoms with E-state index in [0.29, 0.717) is 18.4 Å². The molecule has 4 nitrogen and oxygen atoms in total. The van der Waals surface area contributed by atoms with E-state index in [4.69, 9.17) is 15.0 Å². The molecule has 1 rings (SSSR count). The van der Waals surface area contributed by atoms with Gasteiger partial charge in [-0.3, -0.25) is 4.79 Å². The normalized spacial score (nSPS) is 22.3. The molecule has 17 heavy (non-hydrogen) atoms. The lowest BCUT2D eigenvalue weighted by molar-refractivity contribution is -0.122. The maximum atomic E-state index is 10.4. The lowest BCUT2D eigenvalue weighted by Gasteiger charge is -2.23. The summed E-state index contributed by atoms with van der Waals surface area (Å²) in [6.45, 7) is 4.32. The molecule has 1 saturated carbocycles. The molecule has 0 aliphatic heterocycles. The summed E-state index contributed by atoms with van der Waals surface area (Å²) in [4.78, 5) is 18.7. The van der Waals surface area contributed by atoms with Crippen LogP contribution in [-0.4, -0.2) is 29.6 Å². The Morgan fingerprint density at radius 1 is 1.24 bits per heavy atom. The second-order valence-electron chi connectivity index (χ2n) is 4.24. The number of hydrogen-bond acceptors (Lipinski definition) is 3. The van der Waals surface area contributed by atoms with Crippen LogP contribution in [0.4, 0.5) is 0 Å². The summed E-state index contributed by atoms with van der Waals surface area (Å²) >= 11 is 0. The summed E-state index contributed by atoms with van der Waals surface area (Å²) in [5.74, 6) is 1.02. The van der Waals surface area contributed by atoms with Crippen molar-refractivity contribution in [2.45, 2.75) is 52.4 Å². The van der Waals surface area contributed by atoms with E-state index >= 15 is 0 Å². The maximum absolute atomic E-state index is 10.4. The molecular formula is C13H26O4. The topological polar surface area (TPSA) is 74.6 Å². The number of carbonyl (C=O) groups excluding carboxylic acids is 1. The summed E-state index contributed by atoms with van der Waals surface area (Å²) in [5, 5.41) is 15.0. The molecule has 0 aromatic carbocycles. The SMILES string of the molecule is CC1CCCCC1C=O.CCCCO.O=CO. The monoisotopic (exact) mass is 246 g/mol. The molecule has 0 spiro atoms. The minimum atomic E-state index is -0.250. The predicted octanol–water partition coefficient (Wildman–Crippen LogP) is 2.49. The van der Waals surface area contributed by atoms with Crippen LogP contribution in [0.2, 0.25) is 0 Å². The summed E-state index contributed by atoms with van der Waals surface area (Å²) in [6, 6.07) is 0. The summed E-state index contributed by atoms with van der Waals surface area (Å²) < 4.78 is 0. The molecule has 0 radical (unpaired) electrons. The number of aliphatic hydroxyl groups excluding tert-OH is 1. The van der Waals surface area contributed by atoms with Crippen molar-refractivity contribution < 1.29 is 19.8 Å². The van der Waals surface area contributed by atoms with Gasteiger partial charge in [-0.15, -0.1) is 0 Å². The number of unbranched alkanes of at least 4 members (excludes halogenated alkanes) is 1. The largest absolute Gasteiger partial charge is 0.483 e. The second-order valence-corrected chi connectivity index (χ2v) is 4.24. The molecule has 4 heteroatoms. The van der Waals surface area contributed by atoms with Gasteiger partial charge in [0.2, 0.25) is 0 Å². The molecule has 2 unspecified atom stereocenters. The van der Waals surface area contributed by atoms with Crippen molar-refractivity contribution in [3.8, 4) is 0 Å². The molecule has 0 aromatic heterocycles. The Labute approximate surface area is 104 Å². The van der Waals surface area contributed by atoms with Gasteiger partial charge in [0.05, 0.1) is 0 Å². The first-order valence-corrected chi connectivity index (χ1v) is 6.31. The number of carbonyl (C=O) groups is 2. The molecule has 0 saturated heterocycles. The minimum absolute atomic E-state index is 0.250. The quantitative estimate of drug-likeness (QED) is 0.750. The van der Waals surface area contributed by atoms with Crippen LogP contribution < -0.4 is 0 Å². The third-order valence-electron chi connectivity index (χ3n) is 2.86. The lowest BCUT2D eigenvalue weighted by atomic mass is 9.81. The van der Waals surface area contributed by atoms with Crippen LogP contribution >= 0.6 is 0 Å². The van der Waals surface area contributed by atoms with Gasteiger partial charge in [0.25, 0.3) is 6.47 Å². The van der Waals surface area contributed by atoms with E-state index in [1.807, 2.05) is 0 Å². The molecule has 102 valence electrons. The van der Waals surface area contributed by atoms with E-state index in [2.05, 4.69) is 13.8 Å². The fourth-order valence-electron chi connectivity index (χ4n) is 1.71. The first-order valence-electron chi connectivity index (χ1n) is 6.31. The van der Waals surface area contributed by atoms with Gasteiger partial charge in [-0.05, 0) is 18.8 Å². The fourth-order valence-corrected chi connectivity index (χ4v) is 1.71. The van der Waals surface area contributed by atoms with Crippen LogP contribution in [0.1, 0.15) is 52.4 Å². The molecule has 0 bridgehead atoms. The van der Waals surface area contributed by atoms with Crippen molar-refractivity contribution in [1.29, 1.82) is 0 Å². The molecule has 1 aliphatic rings. The van der Waals surface area contributed by atoms with E-state index in [9.17, 15) is 4.79 Å². The van der Waals surface area contributed by atoms with Gasteiger partial charge in [0.15, 0.2) is 0 Å². The van der Waals surface area contributed by atoms with Gasteiger partial charge in [-0.2, -0.15) is 0 Å². The third kappa shape index (κ3) is 13.0. The summed E-state index contributed by atoms with van der Waals surface area (Å²) in [6.07, 6.45) is 8.13. The van der Waals surface area contributed by atoms with E-state index in [1.165, 1.54) is 19.3 Å². The molecule has 0 heterocycles. The van der Waals surface area contributed by atoms with Gasteiger partial charge in [0.1, 0.15) is 6.29 Å². The van der Waals surface area contributed by atoms with Crippen LogP contribution in [0.25, 0.3) is 0 Å². The Kier molecular flexibility index (Phi) is 16.4. The molecule has 2 N–H and O–H groups in total. The Morgan fingerprint density at radius 2 is 1.76 bits per heavy atom. The molecule has 0 amide bonds. The molecule has 1 fully saturated rings. The summed E-state index contributed by atoms with van der Waals surface area (Å²) in [7, 11) is 0. The highest BCUT2D eigenvalue weighted by atomic mass is 16.3.